The van der Waals surface area contributed by atoms with Gasteiger partial charge in [-0.15, -0.1) is 0 Å². The molecule has 3 aromatic carbocycles. The largest absolute Gasteiger partial charge is 0.457 e. The molecular weight excluding hydrogens is 422 g/mol. The lowest BCUT2D eigenvalue weighted by atomic mass is 9.98. The Morgan fingerprint density at radius 3 is 2.50 bits per heavy atom. The zero-order chi connectivity index (χ0) is 23.3. The molecule has 2 heterocycles. The summed E-state index contributed by atoms with van der Waals surface area (Å²) in [5.41, 5.74) is 5.64. The number of amides is 1. The van der Waals surface area contributed by atoms with Crippen LogP contribution in [0.3, 0.4) is 0 Å². The van der Waals surface area contributed by atoms with Gasteiger partial charge in [0, 0.05) is 56.0 Å². The Balaban J connectivity index is 1.03. The monoisotopic (exact) mass is 455 g/mol. The molecule has 2 aliphatic rings. The smallest absolute Gasteiger partial charge is 0.251 e. The van der Waals surface area contributed by atoms with Gasteiger partial charge in [0.2, 0.25) is 0 Å². The third-order valence-corrected chi connectivity index (χ3v) is 6.91. The van der Waals surface area contributed by atoms with E-state index in [1.165, 1.54) is 11.3 Å². The molecular formula is C29H33N3O2. The van der Waals surface area contributed by atoms with Gasteiger partial charge in [0.15, 0.2) is 0 Å². The molecule has 0 atom stereocenters. The van der Waals surface area contributed by atoms with Crippen LogP contribution in [0.1, 0.15) is 39.9 Å². The van der Waals surface area contributed by atoms with E-state index in [1.807, 2.05) is 36.4 Å². The van der Waals surface area contributed by atoms with E-state index >= 15 is 0 Å². The molecule has 0 saturated carbocycles. The molecule has 5 nitrogen and oxygen atoms in total. The Morgan fingerprint density at radius 1 is 0.882 bits per heavy atom. The molecule has 0 aliphatic carbocycles. The summed E-state index contributed by atoms with van der Waals surface area (Å²) in [6, 6.07) is 22.4. The molecule has 34 heavy (non-hydrogen) atoms. The highest BCUT2D eigenvalue weighted by Gasteiger charge is 2.19. The predicted octanol–water partition coefficient (Wildman–Crippen LogP) is 5.02. The summed E-state index contributed by atoms with van der Waals surface area (Å²) < 4.78 is 5.98. The summed E-state index contributed by atoms with van der Waals surface area (Å²) in [7, 11) is 0. The van der Waals surface area contributed by atoms with Gasteiger partial charge >= 0.3 is 0 Å². The standard InChI is InChI=1S/C29H33N3O2/c1-22-8-2-4-10-26(22)32-18-16-31(17-19-32)15-7-6-14-30-29(33)24-12-13-28-25(21-24)20-23-9-3-5-11-27(23)34-28/h2-5,8-13,21H,6-7,14-20H2,1H3,(H,30,33). The molecule has 0 aromatic heterocycles. The van der Waals surface area contributed by atoms with Crippen LogP contribution in [0.2, 0.25) is 0 Å². The van der Waals surface area contributed by atoms with Gasteiger partial charge in [-0.25, -0.2) is 0 Å². The van der Waals surface area contributed by atoms with Crippen LogP contribution >= 0.6 is 0 Å². The molecule has 0 bridgehead atoms. The number of piperazine rings is 1. The van der Waals surface area contributed by atoms with Crippen LogP contribution in [0.5, 0.6) is 11.5 Å². The van der Waals surface area contributed by atoms with E-state index in [4.69, 9.17) is 4.74 Å². The lowest BCUT2D eigenvalue weighted by Gasteiger charge is -2.36. The number of rotatable bonds is 7. The fraction of sp³-hybridized carbons (Fsp3) is 0.345. The van der Waals surface area contributed by atoms with Crippen molar-refractivity contribution >= 4 is 11.6 Å². The lowest BCUT2D eigenvalue weighted by molar-refractivity contribution is 0.0952. The molecule has 3 aromatic rings. The quantitative estimate of drug-likeness (QED) is 0.397. The first-order chi connectivity index (χ1) is 16.7. The molecule has 0 unspecified atom stereocenters. The van der Waals surface area contributed by atoms with Crippen molar-refractivity contribution in [1.82, 2.24) is 10.2 Å². The van der Waals surface area contributed by atoms with Crippen molar-refractivity contribution in [1.29, 1.82) is 0 Å². The first-order valence-electron chi connectivity index (χ1n) is 12.4. The molecule has 1 fully saturated rings. The maximum absolute atomic E-state index is 12.7. The average molecular weight is 456 g/mol. The lowest BCUT2D eigenvalue weighted by Crippen LogP contribution is -2.46. The Morgan fingerprint density at radius 2 is 1.65 bits per heavy atom. The summed E-state index contributed by atoms with van der Waals surface area (Å²) >= 11 is 0. The van der Waals surface area contributed by atoms with E-state index in [0.717, 1.165) is 74.6 Å². The molecule has 5 heteroatoms. The number of nitrogens with one attached hydrogen (secondary N) is 1. The van der Waals surface area contributed by atoms with Crippen molar-refractivity contribution in [2.24, 2.45) is 0 Å². The van der Waals surface area contributed by atoms with Crippen LogP contribution in [0.15, 0.2) is 66.7 Å². The Labute approximate surface area is 202 Å². The molecule has 176 valence electrons. The molecule has 1 N–H and O–H groups in total. The predicted molar refractivity (Wildman–Crippen MR) is 137 cm³/mol. The SMILES string of the molecule is Cc1ccccc1N1CCN(CCCCNC(=O)c2ccc3c(c2)Cc2ccccc2O3)CC1. The molecule has 5 rings (SSSR count). The minimum absolute atomic E-state index is 0.00601. The number of hydrogen-bond acceptors (Lipinski definition) is 4. The number of anilines is 1. The molecule has 0 spiro atoms. The average Bonchev–Trinajstić information content (AvgIpc) is 2.87. The van der Waals surface area contributed by atoms with Crippen LogP contribution in [0, 0.1) is 6.92 Å². The number of carbonyl (C=O) groups excluding carboxylic acids is 1. The Bertz CT molecular complexity index is 1150. The fourth-order valence-electron chi connectivity index (χ4n) is 4.93. The van der Waals surface area contributed by atoms with E-state index in [1.54, 1.807) is 0 Å². The molecule has 2 aliphatic heterocycles. The van der Waals surface area contributed by atoms with Crippen molar-refractivity contribution in [3.05, 3.63) is 89.0 Å². The second-order valence-corrected chi connectivity index (χ2v) is 9.29. The Kier molecular flexibility index (Phi) is 6.82. The first-order valence-corrected chi connectivity index (χ1v) is 12.4. The summed E-state index contributed by atoms with van der Waals surface area (Å²) in [6.45, 7) is 8.34. The van der Waals surface area contributed by atoms with Crippen molar-refractivity contribution < 1.29 is 9.53 Å². The number of ether oxygens (including phenoxy) is 1. The fourth-order valence-corrected chi connectivity index (χ4v) is 4.93. The highest BCUT2D eigenvalue weighted by atomic mass is 16.5. The minimum Gasteiger partial charge on any atom is -0.457 e. The second kappa shape index (κ2) is 10.3. The van der Waals surface area contributed by atoms with Crippen LogP contribution in [-0.4, -0.2) is 50.1 Å². The number of nitrogens with zero attached hydrogens (tertiary/aromatic N) is 2. The van der Waals surface area contributed by atoms with Gasteiger partial charge in [0.05, 0.1) is 0 Å². The maximum Gasteiger partial charge on any atom is 0.251 e. The van der Waals surface area contributed by atoms with Crippen LogP contribution in [0.25, 0.3) is 0 Å². The molecule has 0 radical (unpaired) electrons. The zero-order valence-electron chi connectivity index (χ0n) is 19.9. The van der Waals surface area contributed by atoms with E-state index < -0.39 is 0 Å². The van der Waals surface area contributed by atoms with Crippen molar-refractivity contribution in [3.8, 4) is 11.5 Å². The highest BCUT2D eigenvalue weighted by molar-refractivity contribution is 5.94. The zero-order valence-corrected chi connectivity index (χ0v) is 19.9. The number of fused-ring (bicyclic) bond motifs is 2. The van der Waals surface area contributed by atoms with Gasteiger partial charge < -0.3 is 15.0 Å². The van der Waals surface area contributed by atoms with Gasteiger partial charge in [-0.1, -0.05) is 36.4 Å². The van der Waals surface area contributed by atoms with Crippen LogP contribution < -0.4 is 15.0 Å². The van der Waals surface area contributed by atoms with E-state index in [-0.39, 0.29) is 5.91 Å². The number of benzene rings is 3. The number of unbranched alkanes of at least 4 members (excludes halogenated alkanes) is 1. The molecule has 1 amide bonds. The van der Waals surface area contributed by atoms with Gasteiger partial charge in [0.1, 0.15) is 11.5 Å². The van der Waals surface area contributed by atoms with E-state index in [9.17, 15) is 4.79 Å². The van der Waals surface area contributed by atoms with Crippen molar-refractivity contribution in [2.45, 2.75) is 26.2 Å². The number of para-hydroxylation sites is 2. The van der Waals surface area contributed by atoms with E-state index in [0.29, 0.717) is 12.1 Å². The van der Waals surface area contributed by atoms with Gasteiger partial charge in [-0.3, -0.25) is 9.69 Å². The van der Waals surface area contributed by atoms with Crippen LogP contribution in [0.4, 0.5) is 5.69 Å². The van der Waals surface area contributed by atoms with Gasteiger partial charge in [-0.05, 0) is 67.8 Å². The first kappa shape index (κ1) is 22.5. The van der Waals surface area contributed by atoms with Crippen molar-refractivity contribution in [3.63, 3.8) is 0 Å². The number of aryl methyl sites for hydroxylation is 1. The summed E-state index contributed by atoms with van der Waals surface area (Å²) in [5, 5.41) is 3.09. The number of hydrogen-bond donors (Lipinski definition) is 1. The topological polar surface area (TPSA) is 44.8 Å². The Hall–Kier alpha value is -3.31. The van der Waals surface area contributed by atoms with Crippen LogP contribution in [-0.2, 0) is 6.42 Å². The van der Waals surface area contributed by atoms with Gasteiger partial charge in [-0.2, -0.15) is 0 Å². The normalized spacial score (nSPS) is 15.3. The second-order valence-electron chi connectivity index (χ2n) is 9.29. The highest BCUT2D eigenvalue weighted by Crippen LogP contribution is 2.36. The van der Waals surface area contributed by atoms with E-state index in [2.05, 4.69) is 52.4 Å². The molecule has 1 saturated heterocycles. The summed E-state index contributed by atoms with van der Waals surface area (Å²) in [5.74, 6) is 1.75. The van der Waals surface area contributed by atoms with Crippen molar-refractivity contribution in [2.75, 3.05) is 44.2 Å². The number of carbonyl (C=O) groups is 1. The summed E-state index contributed by atoms with van der Waals surface area (Å²) in [4.78, 5) is 17.7. The third kappa shape index (κ3) is 5.10. The third-order valence-electron chi connectivity index (χ3n) is 6.91. The summed E-state index contributed by atoms with van der Waals surface area (Å²) in [6.07, 6.45) is 2.88. The van der Waals surface area contributed by atoms with Gasteiger partial charge in [0.25, 0.3) is 5.91 Å². The minimum atomic E-state index is -0.00601. The maximum atomic E-state index is 12.7.